The van der Waals surface area contributed by atoms with E-state index in [1.807, 2.05) is 50.2 Å². The van der Waals surface area contributed by atoms with E-state index in [-0.39, 0.29) is 17.7 Å². The molecule has 4 rings (SSSR count). The van der Waals surface area contributed by atoms with Gasteiger partial charge in [-0.3, -0.25) is 9.59 Å². The normalized spacial score (nSPS) is 15.0. The molecule has 3 aromatic rings. The zero-order chi connectivity index (χ0) is 19.7. The van der Waals surface area contributed by atoms with Gasteiger partial charge < -0.3 is 14.6 Å². The molecule has 1 aromatic carbocycles. The molecule has 1 saturated heterocycles. The molecule has 6 nitrogen and oxygen atoms in total. The molecule has 0 atom stereocenters. The lowest BCUT2D eigenvalue weighted by Gasteiger charge is -2.30. The molecule has 0 unspecified atom stereocenters. The molecule has 1 N–H and O–H groups in total. The SMILES string of the molecule is Cc1ccnc(NC(=O)C2CCN(C(=O)c3oc4ccccc4c3C)CC2)c1. The van der Waals surface area contributed by atoms with Gasteiger partial charge in [-0.1, -0.05) is 18.2 Å². The van der Waals surface area contributed by atoms with Crippen LogP contribution in [0, 0.1) is 19.8 Å². The smallest absolute Gasteiger partial charge is 0.289 e. The van der Waals surface area contributed by atoms with E-state index in [4.69, 9.17) is 4.42 Å². The highest BCUT2D eigenvalue weighted by molar-refractivity contribution is 5.99. The number of piperidine rings is 1. The van der Waals surface area contributed by atoms with Gasteiger partial charge in [0.25, 0.3) is 5.91 Å². The second kappa shape index (κ2) is 7.46. The molecular weight excluding hydrogens is 354 g/mol. The van der Waals surface area contributed by atoms with Gasteiger partial charge in [-0.15, -0.1) is 0 Å². The number of carbonyl (C=O) groups excluding carboxylic acids is 2. The van der Waals surface area contributed by atoms with Gasteiger partial charge >= 0.3 is 0 Å². The minimum atomic E-state index is -0.122. The number of hydrogen-bond donors (Lipinski definition) is 1. The first-order valence-corrected chi connectivity index (χ1v) is 9.54. The van der Waals surface area contributed by atoms with Crippen LogP contribution < -0.4 is 5.32 Å². The number of aromatic nitrogens is 1. The van der Waals surface area contributed by atoms with Crippen molar-refractivity contribution in [3.63, 3.8) is 0 Å². The number of fused-ring (bicyclic) bond motifs is 1. The fourth-order valence-electron chi connectivity index (χ4n) is 3.70. The summed E-state index contributed by atoms with van der Waals surface area (Å²) in [5.41, 5.74) is 2.64. The van der Waals surface area contributed by atoms with Crippen LogP contribution in [0.2, 0.25) is 0 Å². The van der Waals surface area contributed by atoms with Crippen LogP contribution >= 0.6 is 0 Å². The average molecular weight is 377 g/mol. The van der Waals surface area contributed by atoms with Crippen molar-refractivity contribution in [3.8, 4) is 0 Å². The standard InChI is InChI=1S/C22H23N3O3/c1-14-7-10-23-19(13-14)24-21(26)16-8-11-25(12-9-16)22(27)20-15(2)17-5-3-4-6-18(17)28-20/h3-7,10,13,16H,8-9,11-12H2,1-2H3,(H,23,24,26). The highest BCUT2D eigenvalue weighted by atomic mass is 16.3. The summed E-state index contributed by atoms with van der Waals surface area (Å²) in [6.45, 7) is 4.94. The molecule has 0 spiro atoms. The fraction of sp³-hybridized carbons (Fsp3) is 0.318. The maximum atomic E-state index is 12.9. The Morgan fingerprint density at radius 1 is 1.14 bits per heavy atom. The van der Waals surface area contributed by atoms with Gasteiger partial charge in [0.2, 0.25) is 5.91 Å². The quantitative estimate of drug-likeness (QED) is 0.750. The molecule has 1 aliphatic rings. The van der Waals surface area contributed by atoms with Crippen molar-refractivity contribution in [3.05, 3.63) is 59.5 Å². The van der Waals surface area contributed by atoms with Crippen molar-refractivity contribution in [1.82, 2.24) is 9.88 Å². The lowest BCUT2D eigenvalue weighted by molar-refractivity contribution is -0.121. The Balaban J connectivity index is 1.40. The first-order valence-electron chi connectivity index (χ1n) is 9.54. The molecule has 28 heavy (non-hydrogen) atoms. The Bertz CT molecular complexity index is 1030. The van der Waals surface area contributed by atoms with Crippen LogP contribution in [-0.4, -0.2) is 34.8 Å². The van der Waals surface area contributed by atoms with E-state index in [0.29, 0.717) is 37.5 Å². The third-order valence-electron chi connectivity index (χ3n) is 5.36. The molecule has 0 radical (unpaired) electrons. The second-order valence-corrected chi connectivity index (χ2v) is 7.33. The number of rotatable bonds is 3. The Labute approximate surface area is 163 Å². The average Bonchev–Trinajstić information content (AvgIpc) is 3.04. The third-order valence-corrected chi connectivity index (χ3v) is 5.36. The predicted molar refractivity (Wildman–Crippen MR) is 107 cm³/mol. The second-order valence-electron chi connectivity index (χ2n) is 7.33. The molecular formula is C22H23N3O3. The van der Waals surface area contributed by atoms with E-state index in [1.165, 1.54) is 0 Å². The summed E-state index contributed by atoms with van der Waals surface area (Å²) < 4.78 is 5.80. The first kappa shape index (κ1) is 18.2. The van der Waals surface area contributed by atoms with Gasteiger partial charge in [-0.05, 0) is 50.5 Å². The van der Waals surface area contributed by atoms with Gasteiger partial charge in [0.05, 0.1) is 0 Å². The number of carbonyl (C=O) groups is 2. The Kier molecular flexibility index (Phi) is 4.86. The van der Waals surface area contributed by atoms with E-state index in [0.717, 1.165) is 22.1 Å². The number of nitrogens with zero attached hydrogens (tertiary/aromatic N) is 2. The Hall–Kier alpha value is -3.15. The molecule has 0 saturated carbocycles. The number of likely N-dealkylation sites (tertiary alicyclic amines) is 1. The lowest BCUT2D eigenvalue weighted by Crippen LogP contribution is -2.41. The minimum Gasteiger partial charge on any atom is -0.451 e. The van der Waals surface area contributed by atoms with Crippen LogP contribution in [-0.2, 0) is 4.79 Å². The van der Waals surface area contributed by atoms with Gasteiger partial charge in [0.1, 0.15) is 11.4 Å². The number of hydrogen-bond acceptors (Lipinski definition) is 4. The number of aryl methyl sites for hydroxylation is 2. The first-order chi connectivity index (χ1) is 13.5. The van der Waals surface area contributed by atoms with Crippen molar-refractivity contribution >= 4 is 28.6 Å². The van der Waals surface area contributed by atoms with Crippen LogP contribution in [0.5, 0.6) is 0 Å². The van der Waals surface area contributed by atoms with Crippen molar-refractivity contribution in [1.29, 1.82) is 0 Å². The number of pyridine rings is 1. The van der Waals surface area contributed by atoms with E-state index in [9.17, 15) is 9.59 Å². The maximum Gasteiger partial charge on any atom is 0.289 e. The number of furan rings is 1. The highest BCUT2D eigenvalue weighted by Crippen LogP contribution is 2.27. The van der Waals surface area contributed by atoms with Gasteiger partial charge in [0, 0.05) is 36.2 Å². The minimum absolute atomic E-state index is 0.0369. The Morgan fingerprint density at radius 3 is 2.61 bits per heavy atom. The topological polar surface area (TPSA) is 75.4 Å². The van der Waals surface area contributed by atoms with Gasteiger partial charge in [-0.25, -0.2) is 4.98 Å². The lowest BCUT2D eigenvalue weighted by atomic mass is 9.95. The van der Waals surface area contributed by atoms with Crippen molar-refractivity contribution in [2.24, 2.45) is 5.92 Å². The number of benzene rings is 1. The van der Waals surface area contributed by atoms with E-state index in [1.54, 1.807) is 11.1 Å². The molecule has 1 fully saturated rings. The van der Waals surface area contributed by atoms with Gasteiger partial charge in [0.15, 0.2) is 5.76 Å². The highest BCUT2D eigenvalue weighted by Gasteiger charge is 2.30. The fourth-order valence-corrected chi connectivity index (χ4v) is 3.70. The summed E-state index contributed by atoms with van der Waals surface area (Å²) >= 11 is 0. The van der Waals surface area contributed by atoms with Crippen LogP contribution in [0.1, 0.15) is 34.5 Å². The van der Waals surface area contributed by atoms with E-state index >= 15 is 0 Å². The number of anilines is 1. The molecule has 2 aromatic heterocycles. The molecule has 144 valence electrons. The van der Waals surface area contributed by atoms with E-state index < -0.39 is 0 Å². The summed E-state index contributed by atoms with van der Waals surface area (Å²) in [7, 11) is 0. The predicted octanol–water partition coefficient (Wildman–Crippen LogP) is 3.94. The summed E-state index contributed by atoms with van der Waals surface area (Å²) in [4.78, 5) is 31.4. The number of amides is 2. The number of para-hydroxylation sites is 1. The molecule has 1 aliphatic heterocycles. The van der Waals surface area contributed by atoms with Crippen LogP contribution in [0.3, 0.4) is 0 Å². The maximum absolute atomic E-state index is 12.9. The zero-order valence-corrected chi connectivity index (χ0v) is 16.1. The van der Waals surface area contributed by atoms with Crippen LogP contribution in [0.4, 0.5) is 5.82 Å². The van der Waals surface area contributed by atoms with Crippen LogP contribution in [0.15, 0.2) is 47.0 Å². The molecule has 2 amide bonds. The summed E-state index contributed by atoms with van der Waals surface area (Å²) in [6, 6.07) is 11.4. The van der Waals surface area contributed by atoms with Crippen molar-refractivity contribution in [2.75, 3.05) is 18.4 Å². The molecule has 3 heterocycles. The van der Waals surface area contributed by atoms with Crippen molar-refractivity contribution in [2.45, 2.75) is 26.7 Å². The van der Waals surface area contributed by atoms with E-state index in [2.05, 4.69) is 10.3 Å². The molecule has 6 heteroatoms. The molecule has 0 bridgehead atoms. The third kappa shape index (κ3) is 3.50. The summed E-state index contributed by atoms with van der Waals surface area (Å²) in [6.07, 6.45) is 2.94. The zero-order valence-electron chi connectivity index (χ0n) is 16.1. The summed E-state index contributed by atoms with van der Waals surface area (Å²) in [5.74, 6) is 0.704. The van der Waals surface area contributed by atoms with Gasteiger partial charge in [-0.2, -0.15) is 0 Å². The summed E-state index contributed by atoms with van der Waals surface area (Å²) in [5, 5.41) is 3.85. The van der Waals surface area contributed by atoms with Crippen molar-refractivity contribution < 1.29 is 14.0 Å². The molecule has 0 aliphatic carbocycles. The van der Waals surface area contributed by atoms with Crippen LogP contribution in [0.25, 0.3) is 11.0 Å². The monoisotopic (exact) mass is 377 g/mol. The Morgan fingerprint density at radius 2 is 1.89 bits per heavy atom. The number of nitrogens with one attached hydrogen (secondary N) is 1. The largest absolute Gasteiger partial charge is 0.451 e.